The molecule has 0 radical (unpaired) electrons. The Morgan fingerprint density at radius 2 is 2.06 bits per heavy atom. The van der Waals surface area contributed by atoms with E-state index in [4.69, 9.17) is 4.55 Å². The van der Waals surface area contributed by atoms with Gasteiger partial charge >= 0.3 is 6.61 Å². The Bertz CT molecular complexity index is 485. The molecule has 0 bridgehead atoms. The van der Waals surface area contributed by atoms with Gasteiger partial charge in [-0.1, -0.05) is 19.4 Å². The Hall–Kier alpha value is -1.21. The van der Waals surface area contributed by atoms with Crippen molar-refractivity contribution in [3.63, 3.8) is 0 Å². The highest BCUT2D eigenvalue weighted by atomic mass is 32.2. The maximum absolute atomic E-state index is 12.1. The second-order valence-electron chi connectivity index (χ2n) is 3.37. The predicted octanol–water partition coefficient (Wildman–Crippen LogP) is 2.49. The minimum absolute atomic E-state index is 0.225. The molecule has 17 heavy (non-hydrogen) atoms. The molecule has 1 aromatic rings. The Morgan fingerprint density at radius 1 is 1.41 bits per heavy atom. The molecule has 1 rings (SSSR count). The molecule has 0 unspecified atom stereocenters. The number of alkyl halides is 2. The molecule has 0 aliphatic carbocycles. The van der Waals surface area contributed by atoms with Gasteiger partial charge in [-0.05, 0) is 18.1 Å². The van der Waals surface area contributed by atoms with E-state index in [9.17, 15) is 17.2 Å². The molecule has 0 fully saturated rings. The summed E-state index contributed by atoms with van der Waals surface area (Å²) < 4.78 is 59.0. The smallest absolute Gasteiger partial charge is 0.387 e. The lowest BCUT2D eigenvalue weighted by molar-refractivity contribution is -0.0506. The quantitative estimate of drug-likeness (QED) is 0.832. The zero-order valence-electron chi connectivity index (χ0n) is 9.06. The molecule has 7 heteroatoms. The number of halogens is 2. The first kappa shape index (κ1) is 13.9. The van der Waals surface area contributed by atoms with Crippen molar-refractivity contribution < 1.29 is 26.5 Å². The lowest BCUT2D eigenvalue weighted by Crippen LogP contribution is -2.06. The van der Waals surface area contributed by atoms with Crippen LogP contribution >= 0.6 is 0 Å². The van der Waals surface area contributed by atoms with Crippen LogP contribution in [0, 0.1) is 0 Å². The van der Waals surface area contributed by atoms with Crippen LogP contribution in [-0.4, -0.2) is 19.6 Å². The van der Waals surface area contributed by atoms with Gasteiger partial charge in [0.25, 0.3) is 10.1 Å². The molecule has 96 valence electrons. The normalized spacial score (nSPS) is 11.8. The highest BCUT2D eigenvalue weighted by Gasteiger charge is 2.15. The molecule has 0 amide bonds. The van der Waals surface area contributed by atoms with Gasteiger partial charge in [0.15, 0.2) is 0 Å². The maximum atomic E-state index is 12.1. The van der Waals surface area contributed by atoms with Crippen LogP contribution in [0.3, 0.4) is 0 Å². The predicted molar refractivity (Wildman–Crippen MR) is 56.9 cm³/mol. The van der Waals surface area contributed by atoms with Crippen molar-refractivity contribution in [2.24, 2.45) is 0 Å². The molecule has 4 nitrogen and oxygen atoms in total. The van der Waals surface area contributed by atoms with E-state index in [2.05, 4.69) is 4.74 Å². The summed E-state index contributed by atoms with van der Waals surface area (Å²) in [5.41, 5.74) is 0.472. The molecule has 0 atom stereocenters. The molecular weight excluding hydrogens is 254 g/mol. The van der Waals surface area contributed by atoms with E-state index >= 15 is 0 Å². The van der Waals surface area contributed by atoms with Crippen molar-refractivity contribution in [2.45, 2.75) is 31.3 Å². The van der Waals surface area contributed by atoms with Crippen LogP contribution in [0.5, 0.6) is 5.75 Å². The highest BCUT2D eigenvalue weighted by Crippen LogP contribution is 2.25. The number of ether oxygens (including phenoxy) is 1. The first-order chi connectivity index (χ1) is 7.84. The minimum Gasteiger partial charge on any atom is -0.435 e. The van der Waals surface area contributed by atoms with Crippen LogP contribution in [0.15, 0.2) is 23.1 Å². The summed E-state index contributed by atoms with van der Waals surface area (Å²) in [7, 11) is -4.42. The molecule has 1 N–H and O–H groups in total. The van der Waals surface area contributed by atoms with Gasteiger partial charge < -0.3 is 4.74 Å². The van der Waals surface area contributed by atoms with Crippen LogP contribution in [-0.2, 0) is 16.5 Å². The molecule has 0 aliphatic heterocycles. The van der Waals surface area contributed by atoms with E-state index in [0.717, 1.165) is 12.1 Å². The number of hydrogen-bond acceptors (Lipinski definition) is 3. The number of benzene rings is 1. The van der Waals surface area contributed by atoms with E-state index in [-0.39, 0.29) is 5.75 Å². The fourth-order valence-corrected chi connectivity index (χ4v) is 1.87. The Morgan fingerprint density at radius 3 is 2.53 bits per heavy atom. The number of hydrogen-bond donors (Lipinski definition) is 1. The standard InChI is InChI=1S/C10H12F2O4S/c1-2-3-7-4-5-8(17(13,14)15)6-9(7)16-10(11)12/h4-6,10H,2-3H2,1H3,(H,13,14,15). The van der Waals surface area contributed by atoms with Crippen molar-refractivity contribution in [1.29, 1.82) is 0 Å². The summed E-state index contributed by atoms with van der Waals surface area (Å²) in [4.78, 5) is -0.465. The molecule has 0 aromatic heterocycles. The van der Waals surface area contributed by atoms with Gasteiger partial charge in [-0.25, -0.2) is 0 Å². The summed E-state index contributed by atoms with van der Waals surface area (Å²) in [6, 6.07) is 3.40. The fourth-order valence-electron chi connectivity index (χ4n) is 1.38. The molecule has 0 saturated heterocycles. The summed E-state index contributed by atoms with van der Waals surface area (Å²) in [5, 5.41) is 0. The highest BCUT2D eigenvalue weighted by molar-refractivity contribution is 7.85. The fraction of sp³-hybridized carbons (Fsp3) is 0.400. The van der Waals surface area contributed by atoms with Crippen LogP contribution in [0.25, 0.3) is 0 Å². The second kappa shape index (κ2) is 5.42. The average Bonchev–Trinajstić information content (AvgIpc) is 2.18. The van der Waals surface area contributed by atoms with Gasteiger partial charge in [0.1, 0.15) is 5.75 Å². The van der Waals surface area contributed by atoms with Crippen LogP contribution in [0.4, 0.5) is 8.78 Å². The van der Waals surface area contributed by atoms with Gasteiger partial charge in [0.05, 0.1) is 4.90 Å². The summed E-state index contributed by atoms with van der Waals surface area (Å²) in [6.07, 6.45) is 1.18. The van der Waals surface area contributed by atoms with Gasteiger partial charge in [-0.3, -0.25) is 4.55 Å². The van der Waals surface area contributed by atoms with E-state index in [1.165, 1.54) is 6.07 Å². The molecule has 0 heterocycles. The summed E-state index contributed by atoms with van der Waals surface area (Å²) >= 11 is 0. The SMILES string of the molecule is CCCc1ccc(S(=O)(=O)O)cc1OC(F)F. The van der Waals surface area contributed by atoms with Crippen molar-refractivity contribution in [1.82, 2.24) is 0 Å². The minimum atomic E-state index is -4.42. The van der Waals surface area contributed by atoms with Gasteiger partial charge in [-0.15, -0.1) is 0 Å². The number of aryl methyl sites for hydroxylation is 1. The van der Waals surface area contributed by atoms with Crippen LogP contribution in [0.1, 0.15) is 18.9 Å². The number of rotatable bonds is 5. The van der Waals surface area contributed by atoms with Crippen molar-refractivity contribution in [3.8, 4) is 5.75 Å². The monoisotopic (exact) mass is 266 g/mol. The maximum Gasteiger partial charge on any atom is 0.387 e. The Balaban J connectivity index is 3.19. The topological polar surface area (TPSA) is 63.6 Å². The lowest BCUT2D eigenvalue weighted by Gasteiger charge is -2.11. The van der Waals surface area contributed by atoms with E-state index in [0.29, 0.717) is 18.4 Å². The largest absolute Gasteiger partial charge is 0.435 e. The average molecular weight is 266 g/mol. The first-order valence-corrected chi connectivity index (χ1v) is 6.34. The molecule has 0 aliphatic rings. The third kappa shape index (κ3) is 3.94. The second-order valence-corrected chi connectivity index (χ2v) is 4.79. The van der Waals surface area contributed by atoms with E-state index in [1.807, 2.05) is 6.92 Å². The zero-order chi connectivity index (χ0) is 13.1. The third-order valence-electron chi connectivity index (χ3n) is 2.07. The summed E-state index contributed by atoms with van der Waals surface area (Å²) in [6.45, 7) is -1.19. The third-order valence-corrected chi connectivity index (χ3v) is 2.92. The Kier molecular flexibility index (Phi) is 4.41. The van der Waals surface area contributed by atoms with Gasteiger partial charge in [-0.2, -0.15) is 17.2 Å². The first-order valence-electron chi connectivity index (χ1n) is 4.89. The van der Waals surface area contributed by atoms with Gasteiger partial charge in [0, 0.05) is 6.07 Å². The van der Waals surface area contributed by atoms with E-state index in [1.54, 1.807) is 0 Å². The van der Waals surface area contributed by atoms with E-state index < -0.39 is 21.6 Å². The van der Waals surface area contributed by atoms with Crippen molar-refractivity contribution >= 4 is 10.1 Å². The lowest BCUT2D eigenvalue weighted by atomic mass is 10.1. The van der Waals surface area contributed by atoms with Crippen LogP contribution < -0.4 is 4.74 Å². The van der Waals surface area contributed by atoms with Crippen molar-refractivity contribution in [2.75, 3.05) is 0 Å². The van der Waals surface area contributed by atoms with Gasteiger partial charge in [0.2, 0.25) is 0 Å². The molecule has 0 saturated carbocycles. The zero-order valence-corrected chi connectivity index (χ0v) is 9.88. The molecule has 1 aromatic carbocycles. The summed E-state index contributed by atoms with van der Waals surface area (Å²) in [5.74, 6) is -0.225. The van der Waals surface area contributed by atoms with Crippen LogP contribution in [0.2, 0.25) is 0 Å². The molecule has 0 spiro atoms. The van der Waals surface area contributed by atoms with Crippen molar-refractivity contribution in [3.05, 3.63) is 23.8 Å². The molecular formula is C10H12F2O4S. The Labute approximate surface area is 98.0 Å².